The maximum absolute atomic E-state index is 12.3. The smallest absolute Gasteiger partial charge is 0.338 e. The number of nitrogens with one attached hydrogen (secondary N) is 2. The Morgan fingerprint density at radius 1 is 1.07 bits per heavy atom. The van der Waals surface area contributed by atoms with Gasteiger partial charge in [-0.1, -0.05) is 48.0 Å². The number of amides is 2. The predicted molar refractivity (Wildman–Crippen MR) is 107 cm³/mol. The van der Waals surface area contributed by atoms with Crippen molar-refractivity contribution in [2.24, 2.45) is 5.92 Å². The molecule has 0 bridgehead atoms. The third-order valence-corrected chi connectivity index (χ3v) is 4.00. The lowest BCUT2D eigenvalue weighted by molar-refractivity contribution is -0.119. The van der Waals surface area contributed by atoms with Crippen LogP contribution in [0.1, 0.15) is 34.6 Å². The fourth-order valence-corrected chi connectivity index (χ4v) is 2.60. The van der Waals surface area contributed by atoms with Crippen molar-refractivity contribution < 1.29 is 19.1 Å². The number of ether oxygens (including phenoxy) is 1. The summed E-state index contributed by atoms with van der Waals surface area (Å²) >= 11 is 3.27. The molecule has 27 heavy (non-hydrogen) atoms. The molecule has 0 atom stereocenters. The second-order valence-electron chi connectivity index (χ2n) is 6.28. The SMILES string of the molecule is CC(C)CNC(=O)c1ccccc1NC(=O)COC(=O)c1cccc(Br)c1. The van der Waals surface area contributed by atoms with Crippen LogP contribution in [0.25, 0.3) is 0 Å². The zero-order chi connectivity index (χ0) is 19.8. The molecule has 0 aliphatic carbocycles. The molecule has 0 spiro atoms. The van der Waals surface area contributed by atoms with Crippen LogP contribution in [0.2, 0.25) is 0 Å². The van der Waals surface area contributed by atoms with Gasteiger partial charge in [0.05, 0.1) is 16.8 Å². The van der Waals surface area contributed by atoms with E-state index in [9.17, 15) is 14.4 Å². The van der Waals surface area contributed by atoms with E-state index in [1.54, 1.807) is 48.5 Å². The Kier molecular flexibility index (Phi) is 7.55. The molecular weight excluding hydrogens is 412 g/mol. The number of para-hydroxylation sites is 1. The third kappa shape index (κ3) is 6.53. The van der Waals surface area contributed by atoms with Gasteiger partial charge in [-0.15, -0.1) is 0 Å². The number of carbonyl (C=O) groups excluding carboxylic acids is 3. The van der Waals surface area contributed by atoms with Crippen LogP contribution in [-0.4, -0.2) is 30.9 Å². The maximum Gasteiger partial charge on any atom is 0.338 e. The van der Waals surface area contributed by atoms with Crippen LogP contribution >= 0.6 is 15.9 Å². The van der Waals surface area contributed by atoms with Gasteiger partial charge in [0.1, 0.15) is 0 Å². The molecule has 0 radical (unpaired) electrons. The number of halogens is 1. The first-order valence-corrected chi connectivity index (χ1v) is 9.26. The van der Waals surface area contributed by atoms with Crippen molar-refractivity contribution in [3.63, 3.8) is 0 Å². The lowest BCUT2D eigenvalue weighted by Gasteiger charge is -2.12. The van der Waals surface area contributed by atoms with Crippen molar-refractivity contribution in [1.82, 2.24) is 5.32 Å². The second kappa shape index (κ2) is 9.87. The first kappa shape index (κ1) is 20.6. The molecule has 2 aromatic rings. The number of rotatable bonds is 7. The van der Waals surface area contributed by atoms with Gasteiger partial charge in [0.2, 0.25) is 0 Å². The third-order valence-electron chi connectivity index (χ3n) is 3.51. The molecule has 142 valence electrons. The van der Waals surface area contributed by atoms with Crippen LogP contribution in [0.3, 0.4) is 0 Å². The molecule has 0 heterocycles. The molecule has 2 amide bonds. The van der Waals surface area contributed by atoms with Crippen LogP contribution < -0.4 is 10.6 Å². The van der Waals surface area contributed by atoms with Crippen molar-refractivity contribution >= 4 is 39.4 Å². The Labute approximate surface area is 166 Å². The van der Waals surface area contributed by atoms with E-state index in [1.807, 2.05) is 13.8 Å². The van der Waals surface area contributed by atoms with E-state index in [0.717, 1.165) is 4.47 Å². The molecule has 0 unspecified atom stereocenters. The van der Waals surface area contributed by atoms with E-state index >= 15 is 0 Å². The Morgan fingerprint density at radius 3 is 2.52 bits per heavy atom. The summed E-state index contributed by atoms with van der Waals surface area (Å²) in [7, 11) is 0. The van der Waals surface area contributed by atoms with Crippen molar-refractivity contribution in [1.29, 1.82) is 0 Å². The first-order chi connectivity index (χ1) is 12.9. The zero-order valence-electron chi connectivity index (χ0n) is 15.1. The van der Waals surface area contributed by atoms with Crippen LogP contribution in [0.15, 0.2) is 53.0 Å². The number of anilines is 1. The first-order valence-electron chi connectivity index (χ1n) is 8.46. The number of esters is 1. The van der Waals surface area contributed by atoms with E-state index in [4.69, 9.17) is 4.74 Å². The standard InChI is InChI=1S/C20H21BrN2O4/c1-13(2)11-22-19(25)16-8-3-4-9-17(16)23-18(24)12-27-20(26)14-6-5-7-15(21)10-14/h3-10,13H,11-12H2,1-2H3,(H,22,25)(H,23,24). The molecule has 0 aromatic heterocycles. The van der Waals surface area contributed by atoms with Crippen molar-refractivity contribution in [2.45, 2.75) is 13.8 Å². The van der Waals surface area contributed by atoms with Gasteiger partial charge >= 0.3 is 5.97 Å². The highest BCUT2D eigenvalue weighted by molar-refractivity contribution is 9.10. The fraction of sp³-hybridized carbons (Fsp3) is 0.250. The highest BCUT2D eigenvalue weighted by Crippen LogP contribution is 2.15. The van der Waals surface area contributed by atoms with Crippen molar-refractivity contribution in [2.75, 3.05) is 18.5 Å². The maximum atomic E-state index is 12.3. The second-order valence-corrected chi connectivity index (χ2v) is 7.20. The molecule has 0 fully saturated rings. The van der Waals surface area contributed by atoms with Gasteiger partial charge in [0.15, 0.2) is 6.61 Å². The van der Waals surface area contributed by atoms with Gasteiger partial charge in [-0.25, -0.2) is 4.79 Å². The van der Waals surface area contributed by atoms with Crippen molar-refractivity contribution in [3.8, 4) is 0 Å². The van der Waals surface area contributed by atoms with E-state index in [2.05, 4.69) is 26.6 Å². The lowest BCUT2D eigenvalue weighted by Crippen LogP contribution is -2.29. The summed E-state index contributed by atoms with van der Waals surface area (Å²) in [4.78, 5) is 36.4. The van der Waals surface area contributed by atoms with Crippen molar-refractivity contribution in [3.05, 3.63) is 64.1 Å². The van der Waals surface area contributed by atoms with Gasteiger partial charge in [0, 0.05) is 11.0 Å². The molecule has 6 nitrogen and oxygen atoms in total. The highest BCUT2D eigenvalue weighted by atomic mass is 79.9. The summed E-state index contributed by atoms with van der Waals surface area (Å²) in [6.45, 7) is 4.07. The normalized spacial score (nSPS) is 10.4. The summed E-state index contributed by atoms with van der Waals surface area (Å²) < 4.78 is 5.76. The average molecular weight is 433 g/mol. The summed E-state index contributed by atoms with van der Waals surface area (Å²) in [6, 6.07) is 13.4. The molecule has 2 aromatic carbocycles. The molecule has 0 aliphatic heterocycles. The molecule has 0 saturated heterocycles. The molecule has 7 heteroatoms. The Hall–Kier alpha value is -2.67. The number of benzene rings is 2. The Balaban J connectivity index is 1.95. The molecule has 0 aliphatic rings. The van der Waals surface area contributed by atoms with E-state index in [0.29, 0.717) is 29.3 Å². The number of carbonyl (C=O) groups is 3. The average Bonchev–Trinajstić information content (AvgIpc) is 2.64. The number of hydrogen-bond acceptors (Lipinski definition) is 4. The Morgan fingerprint density at radius 2 is 1.81 bits per heavy atom. The molecule has 0 saturated carbocycles. The summed E-state index contributed by atoms with van der Waals surface area (Å²) in [5.41, 5.74) is 1.05. The van der Waals surface area contributed by atoms with Gasteiger partial charge in [-0.3, -0.25) is 9.59 Å². The van der Waals surface area contributed by atoms with Crippen LogP contribution in [0.4, 0.5) is 5.69 Å². The van der Waals surface area contributed by atoms with E-state index < -0.39 is 18.5 Å². The fourth-order valence-electron chi connectivity index (χ4n) is 2.20. The van der Waals surface area contributed by atoms with Crippen LogP contribution in [0, 0.1) is 5.92 Å². The summed E-state index contributed by atoms with van der Waals surface area (Å²) in [5, 5.41) is 5.42. The van der Waals surface area contributed by atoms with E-state index in [1.165, 1.54) is 0 Å². The highest BCUT2D eigenvalue weighted by Gasteiger charge is 2.15. The van der Waals surface area contributed by atoms with E-state index in [-0.39, 0.29) is 5.91 Å². The summed E-state index contributed by atoms with van der Waals surface area (Å²) in [6.07, 6.45) is 0. The minimum Gasteiger partial charge on any atom is -0.452 e. The van der Waals surface area contributed by atoms with Gasteiger partial charge in [-0.2, -0.15) is 0 Å². The minimum atomic E-state index is -0.602. The molecular formula is C20H21BrN2O4. The monoisotopic (exact) mass is 432 g/mol. The quantitative estimate of drug-likeness (QED) is 0.654. The Bertz CT molecular complexity index is 836. The van der Waals surface area contributed by atoms with Gasteiger partial charge < -0.3 is 15.4 Å². The van der Waals surface area contributed by atoms with Gasteiger partial charge in [-0.05, 0) is 36.2 Å². The summed E-state index contributed by atoms with van der Waals surface area (Å²) in [5.74, 6) is -1.09. The topological polar surface area (TPSA) is 84.5 Å². The minimum absolute atomic E-state index is 0.272. The number of hydrogen-bond donors (Lipinski definition) is 2. The lowest BCUT2D eigenvalue weighted by atomic mass is 10.1. The zero-order valence-corrected chi connectivity index (χ0v) is 16.7. The molecule has 2 N–H and O–H groups in total. The van der Waals surface area contributed by atoms with Crippen LogP contribution in [0.5, 0.6) is 0 Å². The predicted octanol–water partition coefficient (Wildman–Crippen LogP) is 3.63. The van der Waals surface area contributed by atoms with Gasteiger partial charge in [0.25, 0.3) is 11.8 Å². The van der Waals surface area contributed by atoms with Crippen LogP contribution in [-0.2, 0) is 9.53 Å². The largest absolute Gasteiger partial charge is 0.452 e. The molecule has 2 rings (SSSR count).